The van der Waals surface area contributed by atoms with Crippen LogP contribution in [0.2, 0.25) is 0 Å². The zero-order valence-electron chi connectivity index (χ0n) is 28.6. The predicted molar refractivity (Wildman–Crippen MR) is 168 cm³/mol. The van der Waals surface area contributed by atoms with Gasteiger partial charge in [0.05, 0.1) is 37.9 Å². The Balaban J connectivity index is 1.30. The van der Waals surface area contributed by atoms with Crippen LogP contribution in [-0.4, -0.2) is 128 Å². The minimum absolute atomic E-state index is 0.00488. The van der Waals surface area contributed by atoms with Crippen LogP contribution < -0.4 is 0 Å². The molecule has 49 heavy (non-hydrogen) atoms. The average molecular weight is 699 g/mol. The Kier molecular flexibility index (Phi) is 10.3. The summed E-state index contributed by atoms with van der Waals surface area (Å²) >= 11 is 0. The predicted octanol–water partition coefficient (Wildman–Crippen LogP) is 0.478. The van der Waals surface area contributed by atoms with E-state index in [2.05, 4.69) is 13.5 Å². The Morgan fingerprint density at radius 3 is 2.41 bits per heavy atom. The summed E-state index contributed by atoms with van der Waals surface area (Å²) in [5.41, 5.74) is -2.07. The molecule has 14 nitrogen and oxygen atoms in total. The molecule has 2 aliphatic heterocycles. The number of carbonyl (C=O) groups is 2. The monoisotopic (exact) mass is 698 g/mol. The lowest BCUT2D eigenvalue weighted by Gasteiger charge is -2.62. The van der Waals surface area contributed by atoms with Gasteiger partial charge < -0.3 is 59.4 Å². The summed E-state index contributed by atoms with van der Waals surface area (Å²) in [6.45, 7) is 7.99. The van der Waals surface area contributed by atoms with Gasteiger partial charge in [0.1, 0.15) is 30.0 Å². The molecular formula is C35H54O14. The molecule has 0 amide bonds. The fraction of sp³-hybridized carbons (Fsp3) is 0.886. The van der Waals surface area contributed by atoms with Crippen molar-refractivity contribution in [3.8, 4) is 0 Å². The van der Waals surface area contributed by atoms with Gasteiger partial charge in [-0.2, -0.15) is 0 Å². The molecule has 14 heteroatoms. The number of esters is 1. The summed E-state index contributed by atoms with van der Waals surface area (Å²) < 4.78 is 29.8. The van der Waals surface area contributed by atoms with Crippen LogP contribution in [0.25, 0.3) is 0 Å². The topological polar surface area (TPSA) is 222 Å². The molecule has 278 valence electrons. The van der Waals surface area contributed by atoms with Crippen molar-refractivity contribution in [2.24, 2.45) is 40.4 Å². The van der Waals surface area contributed by atoms with Crippen LogP contribution in [0, 0.1) is 40.4 Å². The number of carboxylic acid groups (broad SMARTS) is 1. The van der Waals surface area contributed by atoms with E-state index in [0.29, 0.717) is 12.8 Å². The van der Waals surface area contributed by atoms with E-state index in [9.17, 15) is 45.3 Å². The van der Waals surface area contributed by atoms with E-state index in [4.69, 9.17) is 23.7 Å². The molecule has 0 radical (unpaired) electrons. The van der Waals surface area contributed by atoms with Crippen molar-refractivity contribution < 1.29 is 69.0 Å². The van der Waals surface area contributed by atoms with Crippen molar-refractivity contribution in [2.45, 2.75) is 133 Å². The van der Waals surface area contributed by atoms with E-state index in [-0.39, 0.29) is 41.9 Å². The molecule has 8 unspecified atom stereocenters. The maximum atomic E-state index is 13.1. The summed E-state index contributed by atoms with van der Waals surface area (Å²) in [5.74, 6) is -2.31. The second kappa shape index (κ2) is 13.7. The van der Waals surface area contributed by atoms with Gasteiger partial charge in [-0.05, 0) is 79.6 Å². The smallest absolute Gasteiger partial charge is 0.306 e. The molecule has 2 heterocycles. The molecule has 6 aliphatic rings. The summed E-state index contributed by atoms with van der Waals surface area (Å²) in [6.07, 6.45) is -7.38. The molecule has 2 saturated heterocycles. The molecule has 4 aliphatic carbocycles. The zero-order valence-corrected chi connectivity index (χ0v) is 28.6. The van der Waals surface area contributed by atoms with Crippen LogP contribution in [0.15, 0.2) is 12.2 Å². The number of rotatable bonds is 10. The van der Waals surface area contributed by atoms with E-state index in [1.54, 1.807) is 0 Å². The van der Waals surface area contributed by atoms with Crippen LogP contribution >= 0.6 is 0 Å². The lowest BCUT2D eigenvalue weighted by Crippen LogP contribution is -2.64. The van der Waals surface area contributed by atoms with Crippen molar-refractivity contribution in [3.63, 3.8) is 0 Å². The number of fused-ring (bicyclic) bond motifs is 3. The van der Waals surface area contributed by atoms with E-state index in [1.807, 2.05) is 13.8 Å². The van der Waals surface area contributed by atoms with Crippen molar-refractivity contribution in [1.29, 1.82) is 0 Å². The molecule has 16 atom stereocenters. The number of hydrogen-bond donors (Lipinski definition) is 7. The maximum absolute atomic E-state index is 13.1. The van der Waals surface area contributed by atoms with E-state index in [1.165, 1.54) is 0 Å². The normalized spacial score (nSPS) is 49.4. The Hall–Kier alpha value is -1.72. The molecule has 4 saturated carbocycles. The Morgan fingerprint density at radius 1 is 1.04 bits per heavy atom. The molecule has 0 aromatic rings. The van der Waals surface area contributed by atoms with Crippen molar-refractivity contribution in [2.75, 3.05) is 19.8 Å². The highest BCUT2D eigenvalue weighted by Gasteiger charge is 2.67. The molecule has 1 spiro atoms. The van der Waals surface area contributed by atoms with E-state index in [0.717, 1.165) is 31.3 Å². The third-order valence-electron chi connectivity index (χ3n) is 12.9. The summed E-state index contributed by atoms with van der Waals surface area (Å²) in [5, 5.41) is 74.4. The van der Waals surface area contributed by atoms with Gasteiger partial charge in [0.2, 0.25) is 0 Å². The zero-order chi connectivity index (χ0) is 35.6. The number of aliphatic hydroxyl groups is 6. The first-order chi connectivity index (χ1) is 23.1. The lowest BCUT2D eigenvalue weighted by molar-refractivity contribution is -0.343. The second-order valence-electron chi connectivity index (χ2n) is 16.3. The minimum atomic E-state index is -2.04. The van der Waals surface area contributed by atoms with E-state index < -0.39 is 104 Å². The number of carbonyl (C=O) groups excluding carboxylic acids is 1. The van der Waals surface area contributed by atoms with Crippen LogP contribution in [0.1, 0.15) is 72.1 Å². The summed E-state index contributed by atoms with van der Waals surface area (Å²) in [7, 11) is 0. The molecule has 0 aromatic heterocycles. The Morgan fingerprint density at radius 2 is 1.78 bits per heavy atom. The molecule has 0 aromatic carbocycles. The fourth-order valence-electron chi connectivity index (χ4n) is 10.6. The van der Waals surface area contributed by atoms with Gasteiger partial charge in [0, 0.05) is 11.8 Å². The molecule has 2 bridgehead atoms. The highest BCUT2D eigenvalue weighted by Crippen LogP contribution is 2.70. The fourth-order valence-corrected chi connectivity index (χ4v) is 10.6. The van der Waals surface area contributed by atoms with Crippen molar-refractivity contribution >= 4 is 11.9 Å². The van der Waals surface area contributed by atoms with Gasteiger partial charge in [0.15, 0.2) is 18.7 Å². The highest BCUT2D eigenvalue weighted by atomic mass is 16.7. The van der Waals surface area contributed by atoms with Gasteiger partial charge in [-0.3, -0.25) is 9.59 Å². The SMILES string of the molecule is C=C1C2CCC3C4(C)CC(O[C@H]5O[C@@H](CO)[C@H](O)[C@@H](O[C@H]6OC[C@@](O)(CO)[C@@H]6O)[C@@H]5OC(=O)CC(C)C)CC(C(=O)O)C4CCC3(C2)C1O. The lowest BCUT2D eigenvalue weighted by atomic mass is 9.43. The first kappa shape index (κ1) is 37.1. The largest absolute Gasteiger partial charge is 0.481 e. The minimum Gasteiger partial charge on any atom is -0.481 e. The van der Waals surface area contributed by atoms with Crippen LogP contribution in [0.5, 0.6) is 0 Å². The van der Waals surface area contributed by atoms with Gasteiger partial charge in [-0.1, -0.05) is 27.4 Å². The van der Waals surface area contributed by atoms with E-state index >= 15 is 0 Å². The number of carboxylic acids is 1. The first-order valence-corrected chi connectivity index (χ1v) is 17.8. The quantitative estimate of drug-likeness (QED) is 0.0937. The number of aliphatic carboxylic acids is 1. The molecular weight excluding hydrogens is 644 g/mol. The summed E-state index contributed by atoms with van der Waals surface area (Å²) in [4.78, 5) is 25.9. The van der Waals surface area contributed by atoms with Gasteiger partial charge >= 0.3 is 11.9 Å². The Bertz CT molecular complexity index is 1260. The van der Waals surface area contributed by atoms with Crippen LogP contribution in [0.4, 0.5) is 0 Å². The number of ether oxygens (including phenoxy) is 5. The second-order valence-corrected chi connectivity index (χ2v) is 16.3. The third-order valence-corrected chi connectivity index (χ3v) is 12.9. The standard InChI is InChI=1S/C35H54O14/c1-16(2)9-24(38)48-27-26(49-32-29(41)35(44,14-37)15-45-32)25(39)22(13-36)47-31(27)46-19-10-20(30(42)43)21-7-8-34-11-18(17(3)28(34)40)5-6-23(34)33(21,4)12-19/h16,18-23,25-29,31-32,36-37,39-41,44H,3,5-15H2,1-2,4H3,(H,42,43)/t18?,19?,20?,21?,22-,23?,25-,26+,27-,28?,29+,31-,32+,33?,34?,35-/m0/s1. The van der Waals surface area contributed by atoms with Crippen molar-refractivity contribution in [1.82, 2.24) is 0 Å². The van der Waals surface area contributed by atoms with Crippen LogP contribution in [0.3, 0.4) is 0 Å². The number of aliphatic hydroxyl groups excluding tert-OH is 5. The first-order valence-electron chi connectivity index (χ1n) is 17.8. The molecule has 6 rings (SSSR count). The molecule has 7 N–H and O–H groups in total. The highest BCUT2D eigenvalue weighted by molar-refractivity contribution is 5.71. The number of hydrogen-bond acceptors (Lipinski definition) is 13. The molecule has 6 fully saturated rings. The van der Waals surface area contributed by atoms with Gasteiger partial charge in [0.25, 0.3) is 0 Å². The van der Waals surface area contributed by atoms with Gasteiger partial charge in [-0.25, -0.2) is 0 Å². The Labute approximate surface area is 286 Å². The summed E-state index contributed by atoms with van der Waals surface area (Å²) in [6, 6.07) is 0. The maximum Gasteiger partial charge on any atom is 0.306 e. The third kappa shape index (κ3) is 6.27. The van der Waals surface area contributed by atoms with Crippen LogP contribution in [-0.2, 0) is 33.3 Å². The average Bonchev–Trinajstić information content (AvgIpc) is 3.42. The van der Waals surface area contributed by atoms with Crippen molar-refractivity contribution in [3.05, 3.63) is 12.2 Å². The van der Waals surface area contributed by atoms with Gasteiger partial charge in [-0.15, -0.1) is 0 Å².